The third kappa shape index (κ3) is 5.80. The Kier molecular flexibility index (Phi) is 8.59. The fourth-order valence-corrected chi connectivity index (χ4v) is 5.82. The van der Waals surface area contributed by atoms with E-state index in [0.717, 1.165) is 69.6 Å². The lowest BCUT2D eigenvalue weighted by Crippen LogP contribution is -2.34. The van der Waals surface area contributed by atoms with E-state index in [2.05, 4.69) is 42.3 Å². The lowest BCUT2D eigenvalue weighted by molar-refractivity contribution is 0.0741. The fraction of sp³-hybridized carbons (Fsp3) is 0.613. The van der Waals surface area contributed by atoms with Gasteiger partial charge in [0.1, 0.15) is 5.39 Å². The summed E-state index contributed by atoms with van der Waals surface area (Å²) in [5, 5.41) is 4.78. The zero-order valence-electron chi connectivity index (χ0n) is 24.9. The molecule has 0 aliphatic carbocycles. The molecule has 0 saturated carbocycles. The number of aryl methyl sites for hydroxylation is 2. The largest absolute Gasteiger partial charge is 0.339 e. The van der Waals surface area contributed by atoms with Crippen molar-refractivity contribution < 1.29 is 4.79 Å². The normalized spacial score (nSPS) is 14.9. The van der Waals surface area contributed by atoms with Gasteiger partial charge in [-0.1, -0.05) is 34.1 Å². The molecule has 4 aromatic rings. The third-order valence-electron chi connectivity index (χ3n) is 8.29. The summed E-state index contributed by atoms with van der Waals surface area (Å²) in [4.78, 5) is 37.0. The molecule has 0 spiro atoms. The molecular weight excluding hydrogens is 502 g/mol. The lowest BCUT2D eigenvalue weighted by atomic mass is 10.1. The maximum Gasteiger partial charge on any atom is 0.270 e. The molecule has 1 aromatic carbocycles. The second kappa shape index (κ2) is 12.1. The fourth-order valence-electron chi connectivity index (χ4n) is 5.82. The molecule has 216 valence electrons. The predicted octanol–water partition coefficient (Wildman–Crippen LogP) is 4.95. The monoisotopic (exact) mass is 547 g/mol. The van der Waals surface area contributed by atoms with Crippen LogP contribution in [-0.4, -0.2) is 72.2 Å². The van der Waals surface area contributed by atoms with Gasteiger partial charge >= 0.3 is 0 Å². The van der Waals surface area contributed by atoms with Crippen molar-refractivity contribution in [1.29, 1.82) is 0 Å². The summed E-state index contributed by atoms with van der Waals surface area (Å²) in [6.07, 6.45) is 8.34. The van der Waals surface area contributed by atoms with Gasteiger partial charge in [0.25, 0.3) is 11.5 Å². The molecule has 9 nitrogen and oxygen atoms in total. The summed E-state index contributed by atoms with van der Waals surface area (Å²) < 4.78 is 5.49. The van der Waals surface area contributed by atoms with E-state index in [0.29, 0.717) is 34.2 Å². The minimum atomic E-state index is -0.123. The van der Waals surface area contributed by atoms with Gasteiger partial charge in [-0.15, -0.1) is 0 Å². The van der Waals surface area contributed by atoms with Crippen molar-refractivity contribution in [1.82, 2.24) is 33.5 Å². The van der Waals surface area contributed by atoms with E-state index in [1.165, 1.54) is 19.3 Å². The number of hydrogen-bond donors (Lipinski definition) is 0. The molecule has 0 bridgehead atoms. The Bertz CT molecular complexity index is 1530. The summed E-state index contributed by atoms with van der Waals surface area (Å²) in [6, 6.07) is 5.78. The number of benzene rings is 1. The highest BCUT2D eigenvalue weighted by atomic mass is 16.2. The van der Waals surface area contributed by atoms with Crippen LogP contribution in [0.4, 0.5) is 0 Å². The quantitative estimate of drug-likeness (QED) is 0.266. The van der Waals surface area contributed by atoms with Crippen molar-refractivity contribution >= 4 is 33.8 Å². The summed E-state index contributed by atoms with van der Waals surface area (Å²) in [7, 11) is 1.81. The summed E-state index contributed by atoms with van der Waals surface area (Å²) in [5.41, 5.74) is 2.78. The average molecular weight is 548 g/mol. The molecule has 0 N–H and O–H groups in total. The second-order valence-electron chi connectivity index (χ2n) is 12.3. The van der Waals surface area contributed by atoms with Crippen LogP contribution in [0.25, 0.3) is 27.8 Å². The number of fused-ring (bicyclic) bond motifs is 4. The van der Waals surface area contributed by atoms with Crippen LogP contribution < -0.4 is 5.56 Å². The number of piperidine rings is 1. The van der Waals surface area contributed by atoms with E-state index < -0.39 is 0 Å². The maximum atomic E-state index is 13.8. The van der Waals surface area contributed by atoms with Crippen LogP contribution in [0.1, 0.15) is 76.6 Å². The molecule has 0 radical (unpaired) electrons. The van der Waals surface area contributed by atoms with Gasteiger partial charge in [-0.2, -0.15) is 10.1 Å². The summed E-state index contributed by atoms with van der Waals surface area (Å²) >= 11 is 0. The molecule has 1 saturated heterocycles. The van der Waals surface area contributed by atoms with Gasteiger partial charge in [-0.25, -0.2) is 4.40 Å². The minimum absolute atomic E-state index is 0.0583. The van der Waals surface area contributed by atoms with Crippen molar-refractivity contribution in [2.24, 2.45) is 18.9 Å². The number of likely N-dealkylation sites (tertiary alicyclic amines) is 1. The molecule has 40 heavy (non-hydrogen) atoms. The zero-order valence-corrected chi connectivity index (χ0v) is 24.9. The van der Waals surface area contributed by atoms with E-state index in [-0.39, 0.29) is 11.5 Å². The number of imidazole rings is 1. The number of amides is 1. The highest BCUT2D eigenvalue weighted by Crippen LogP contribution is 2.24. The number of carbonyl (C=O) groups is 1. The van der Waals surface area contributed by atoms with Crippen LogP contribution in [0.3, 0.4) is 0 Å². The van der Waals surface area contributed by atoms with Crippen molar-refractivity contribution in [3.05, 3.63) is 40.3 Å². The van der Waals surface area contributed by atoms with Gasteiger partial charge in [0, 0.05) is 32.2 Å². The molecule has 3 aromatic heterocycles. The van der Waals surface area contributed by atoms with Crippen molar-refractivity contribution in [3.63, 3.8) is 0 Å². The average Bonchev–Trinajstić information content (AvgIpc) is 3.46. The Balaban J connectivity index is 1.56. The molecule has 1 fully saturated rings. The van der Waals surface area contributed by atoms with Gasteiger partial charge < -0.3 is 14.4 Å². The van der Waals surface area contributed by atoms with E-state index >= 15 is 0 Å². The molecule has 9 heteroatoms. The SMILES string of the molecule is CC(C)CCN(CCC(C)C)C(=O)c1ccc2c(c1)n(CCCN1CCCCC1)c1nc3c(cnn3C)c(=O)n21. The smallest absolute Gasteiger partial charge is 0.270 e. The number of hydrogen-bond acceptors (Lipinski definition) is 5. The number of aromatic nitrogens is 5. The maximum absolute atomic E-state index is 13.8. The minimum Gasteiger partial charge on any atom is -0.339 e. The first-order valence-corrected chi connectivity index (χ1v) is 15.1. The third-order valence-corrected chi connectivity index (χ3v) is 8.29. The van der Waals surface area contributed by atoms with E-state index in [4.69, 9.17) is 4.98 Å². The molecule has 1 aliphatic rings. The van der Waals surface area contributed by atoms with E-state index in [1.807, 2.05) is 30.1 Å². The van der Waals surface area contributed by atoms with Crippen LogP contribution >= 0.6 is 0 Å². The first-order chi connectivity index (χ1) is 19.2. The molecule has 1 amide bonds. The molecular formula is C31H45N7O2. The Labute approximate surface area is 236 Å². The van der Waals surface area contributed by atoms with E-state index in [9.17, 15) is 9.59 Å². The number of carbonyl (C=O) groups excluding carboxylic acids is 1. The van der Waals surface area contributed by atoms with Crippen LogP contribution in [0.2, 0.25) is 0 Å². The lowest BCUT2D eigenvalue weighted by Gasteiger charge is -2.26. The topological polar surface area (TPSA) is 80.7 Å². The van der Waals surface area contributed by atoms with Crippen molar-refractivity contribution in [3.8, 4) is 0 Å². The number of nitrogens with zero attached hydrogens (tertiary/aromatic N) is 7. The molecule has 4 heterocycles. The Hall–Kier alpha value is -3.20. The molecule has 1 aliphatic heterocycles. The van der Waals surface area contributed by atoms with Crippen LogP contribution in [0.5, 0.6) is 0 Å². The first-order valence-electron chi connectivity index (χ1n) is 15.1. The van der Waals surface area contributed by atoms with Gasteiger partial charge in [0.05, 0.1) is 17.2 Å². The summed E-state index contributed by atoms with van der Waals surface area (Å²) in [6.45, 7) is 14.3. The Morgan fingerprint density at radius 1 is 0.975 bits per heavy atom. The van der Waals surface area contributed by atoms with Crippen molar-refractivity contribution in [2.75, 3.05) is 32.7 Å². The molecule has 5 rings (SSSR count). The van der Waals surface area contributed by atoms with Gasteiger partial charge in [0.15, 0.2) is 5.65 Å². The highest BCUT2D eigenvalue weighted by Gasteiger charge is 2.22. The zero-order chi connectivity index (χ0) is 28.4. The van der Waals surface area contributed by atoms with Gasteiger partial charge in [-0.05, 0) is 81.8 Å². The predicted molar refractivity (Wildman–Crippen MR) is 161 cm³/mol. The molecule has 0 unspecified atom stereocenters. The van der Waals surface area contributed by atoms with Gasteiger partial charge in [-0.3, -0.25) is 14.3 Å². The standard InChI is InChI=1S/C31H45N7O2/c1-22(2)12-18-36(19-13-23(3)4)29(39)24-10-11-26-27(20-24)37(17-9-16-35-14-7-6-8-15-35)31-33-28-25(21-32-34(28)5)30(40)38(26)31/h10-11,20-23H,6-9,12-19H2,1-5H3. The second-order valence-corrected chi connectivity index (χ2v) is 12.3. The summed E-state index contributed by atoms with van der Waals surface area (Å²) in [5.74, 6) is 1.72. The Morgan fingerprint density at radius 3 is 2.35 bits per heavy atom. The van der Waals surface area contributed by atoms with Crippen LogP contribution in [0.15, 0.2) is 29.2 Å². The highest BCUT2D eigenvalue weighted by molar-refractivity contribution is 5.98. The van der Waals surface area contributed by atoms with E-state index in [1.54, 1.807) is 15.3 Å². The first kappa shape index (κ1) is 28.3. The van der Waals surface area contributed by atoms with Gasteiger partial charge in [0.2, 0.25) is 5.78 Å². The molecule has 0 atom stereocenters. The van der Waals surface area contributed by atoms with Crippen LogP contribution in [0, 0.1) is 11.8 Å². The Morgan fingerprint density at radius 2 is 1.68 bits per heavy atom. The van der Waals surface area contributed by atoms with Crippen molar-refractivity contribution in [2.45, 2.75) is 72.8 Å². The number of rotatable bonds is 11. The van der Waals surface area contributed by atoms with Crippen LogP contribution in [-0.2, 0) is 13.6 Å².